The lowest BCUT2D eigenvalue weighted by molar-refractivity contribution is -0.117. The van der Waals surface area contributed by atoms with Crippen molar-refractivity contribution in [1.82, 2.24) is 20.6 Å². The minimum atomic E-state index is -0.823. The summed E-state index contributed by atoms with van der Waals surface area (Å²) in [6, 6.07) is 33.8. The number of nitriles is 2. The number of aromatic amines is 2. The van der Waals surface area contributed by atoms with Crippen molar-refractivity contribution in [3.05, 3.63) is 164 Å². The van der Waals surface area contributed by atoms with Crippen LogP contribution in [-0.2, 0) is 19.1 Å². The molecule has 0 spiro atoms. The second-order valence-corrected chi connectivity index (χ2v) is 15.3. The van der Waals surface area contributed by atoms with Crippen LogP contribution >= 0.6 is 0 Å². The van der Waals surface area contributed by atoms with Crippen molar-refractivity contribution in [3.8, 4) is 34.7 Å². The van der Waals surface area contributed by atoms with Crippen LogP contribution in [0.25, 0.3) is 44.1 Å². The Labute approximate surface area is 354 Å². The van der Waals surface area contributed by atoms with Gasteiger partial charge in [0.1, 0.15) is 0 Å². The van der Waals surface area contributed by atoms with Gasteiger partial charge >= 0.3 is 12.2 Å². The van der Waals surface area contributed by atoms with Crippen LogP contribution in [0.2, 0.25) is 0 Å². The van der Waals surface area contributed by atoms with Gasteiger partial charge in [0, 0.05) is 45.1 Å². The number of carbonyl (C=O) groups excluding carboxylic acids is 4. The van der Waals surface area contributed by atoms with Crippen molar-refractivity contribution in [2.75, 3.05) is 0 Å². The lowest BCUT2D eigenvalue weighted by Gasteiger charge is -2.17. The number of pyridine rings is 2. The van der Waals surface area contributed by atoms with Gasteiger partial charge in [-0.2, -0.15) is 10.5 Å². The summed E-state index contributed by atoms with van der Waals surface area (Å²) in [6.07, 6.45) is 1.36. The van der Waals surface area contributed by atoms with Gasteiger partial charge < -0.3 is 19.4 Å². The third kappa shape index (κ3) is 8.66. The van der Waals surface area contributed by atoms with Gasteiger partial charge in [-0.25, -0.2) is 9.59 Å². The van der Waals surface area contributed by atoms with Gasteiger partial charge in [0.05, 0.1) is 23.3 Å². The lowest BCUT2D eigenvalue weighted by atomic mass is 9.88. The highest BCUT2D eigenvalue weighted by atomic mass is 16.6. The zero-order chi connectivity index (χ0) is 44.2. The lowest BCUT2D eigenvalue weighted by Crippen LogP contribution is -2.21. The molecule has 2 saturated heterocycles. The van der Waals surface area contributed by atoms with Crippen LogP contribution in [0.4, 0.5) is 9.59 Å². The first kappa shape index (κ1) is 41.8. The molecule has 2 aliphatic heterocycles. The highest BCUT2D eigenvalue weighted by molar-refractivity contribution is 6.08. The van der Waals surface area contributed by atoms with E-state index in [1.54, 1.807) is 36.4 Å². The Balaban J connectivity index is 0.000000186. The molecule has 0 saturated carbocycles. The Kier molecular flexibility index (Phi) is 11.8. The number of carbonyl (C=O) groups is 4. The monoisotopic (exact) mass is 826 g/mol. The number of hydrogen-bond donors (Lipinski definition) is 4. The highest BCUT2D eigenvalue weighted by Gasteiger charge is 2.30. The molecule has 0 radical (unpaired) electrons. The highest BCUT2D eigenvalue weighted by Crippen LogP contribution is 2.31. The quantitative estimate of drug-likeness (QED) is 0.109. The number of H-pyrrole nitrogens is 2. The SMILES string of the molecule is CC(C)C(/C=C1/OC(=O)NC1=O)c1ccc(-c2ccc3cccc(C#N)c3c2)[nH]c1=O.CC(C)C(/C=C1\OC(=O)NC1=O)c1ccc(-c2ccc3cccc(C#N)c3c2)[nH]c1=O. The molecule has 2 aromatic heterocycles. The Morgan fingerprint density at radius 1 is 0.532 bits per heavy atom. The molecule has 62 heavy (non-hydrogen) atoms. The molecule has 6 aromatic rings. The number of allylic oxidation sites excluding steroid dienone is 2. The van der Waals surface area contributed by atoms with Gasteiger partial charge in [-0.05, 0) is 82.3 Å². The number of nitrogens with zero attached hydrogens (tertiary/aromatic N) is 2. The first-order valence-electron chi connectivity index (χ1n) is 19.6. The Bertz CT molecular complexity index is 2900. The molecule has 2 atom stereocenters. The van der Waals surface area contributed by atoms with Crippen LogP contribution in [-0.4, -0.2) is 34.0 Å². The van der Waals surface area contributed by atoms with E-state index in [4.69, 9.17) is 9.47 Å². The molecular weight excluding hydrogens is 789 g/mol. The smallest absolute Gasteiger partial charge is 0.404 e. The Hall–Kier alpha value is -8.36. The summed E-state index contributed by atoms with van der Waals surface area (Å²) in [4.78, 5) is 77.8. The van der Waals surface area contributed by atoms with Crippen LogP contribution in [0.5, 0.6) is 0 Å². The van der Waals surface area contributed by atoms with Crippen molar-refractivity contribution >= 4 is 45.5 Å². The standard InChI is InChI=1S/2C24H19N3O4/c2*1-13(2)18(11-21-23(29)27-24(30)31-21)17-8-9-20(26-22(17)28)15-7-6-14-4-3-5-16(12-25)19(14)10-15/h2*3-11,13,18H,1-2H3,(H,26,28)(H,27,29,30)/b21-11+;21-11-. The first-order chi connectivity index (χ1) is 29.7. The van der Waals surface area contributed by atoms with Gasteiger partial charge in [-0.15, -0.1) is 0 Å². The Morgan fingerprint density at radius 2 is 0.935 bits per heavy atom. The number of cyclic esters (lactones) is 2. The number of nitrogens with one attached hydrogen (secondary N) is 4. The molecule has 308 valence electrons. The van der Waals surface area contributed by atoms with E-state index < -0.39 is 35.8 Å². The predicted octanol–water partition coefficient (Wildman–Crippen LogP) is 7.91. The number of alkyl carbamates (subject to hydrolysis) is 2. The molecule has 0 bridgehead atoms. The van der Waals surface area contributed by atoms with E-state index in [1.165, 1.54) is 12.2 Å². The average Bonchev–Trinajstić information content (AvgIpc) is 3.76. The van der Waals surface area contributed by atoms with Gasteiger partial charge in [0.15, 0.2) is 11.5 Å². The molecule has 2 fully saturated rings. The molecular formula is C48H38N6O8. The largest absolute Gasteiger partial charge is 0.419 e. The maximum Gasteiger partial charge on any atom is 0.419 e. The minimum absolute atomic E-state index is 0.0228. The number of imide groups is 2. The average molecular weight is 827 g/mol. The normalized spacial score (nSPS) is 15.7. The van der Waals surface area contributed by atoms with Crippen molar-refractivity contribution in [1.29, 1.82) is 10.5 Å². The topological polar surface area (TPSA) is 224 Å². The number of ether oxygens (including phenoxy) is 2. The fraction of sp³-hybridized carbons (Fsp3) is 0.167. The molecule has 2 unspecified atom stereocenters. The molecule has 14 nitrogen and oxygen atoms in total. The van der Waals surface area contributed by atoms with Gasteiger partial charge in [-0.1, -0.05) is 88.4 Å². The molecule has 4 N–H and O–H groups in total. The van der Waals surface area contributed by atoms with Crippen LogP contribution in [0.3, 0.4) is 0 Å². The minimum Gasteiger partial charge on any atom is -0.404 e. The fourth-order valence-electron chi connectivity index (χ4n) is 7.39. The van der Waals surface area contributed by atoms with E-state index in [0.29, 0.717) is 33.6 Å². The number of hydrogen-bond acceptors (Lipinski definition) is 10. The van der Waals surface area contributed by atoms with E-state index in [0.717, 1.165) is 32.7 Å². The summed E-state index contributed by atoms with van der Waals surface area (Å²) < 4.78 is 9.79. The number of amides is 4. The Morgan fingerprint density at radius 3 is 1.26 bits per heavy atom. The molecule has 4 amide bonds. The third-order valence-electron chi connectivity index (χ3n) is 10.6. The van der Waals surface area contributed by atoms with Gasteiger partial charge in [0.2, 0.25) is 0 Å². The summed E-state index contributed by atoms with van der Waals surface area (Å²) in [5.41, 5.74) is 4.24. The number of aromatic nitrogens is 2. The molecule has 4 aromatic carbocycles. The van der Waals surface area contributed by atoms with Crippen molar-refractivity contribution < 1.29 is 28.7 Å². The van der Waals surface area contributed by atoms with Crippen LogP contribution in [0.1, 0.15) is 61.8 Å². The zero-order valence-corrected chi connectivity index (χ0v) is 33.9. The summed E-state index contributed by atoms with van der Waals surface area (Å²) in [6.45, 7) is 7.65. The maximum absolute atomic E-state index is 12.9. The fourth-order valence-corrected chi connectivity index (χ4v) is 7.39. The maximum atomic E-state index is 12.9. The number of fused-ring (bicyclic) bond motifs is 2. The van der Waals surface area contributed by atoms with E-state index in [9.17, 15) is 39.3 Å². The van der Waals surface area contributed by atoms with Crippen molar-refractivity contribution in [3.63, 3.8) is 0 Å². The molecule has 14 heteroatoms. The molecule has 2 aliphatic rings. The molecule has 0 aliphatic carbocycles. The van der Waals surface area contributed by atoms with Crippen molar-refractivity contribution in [2.24, 2.45) is 11.8 Å². The van der Waals surface area contributed by atoms with E-state index >= 15 is 0 Å². The zero-order valence-electron chi connectivity index (χ0n) is 33.9. The number of rotatable bonds is 8. The van der Waals surface area contributed by atoms with Gasteiger partial charge in [0.25, 0.3) is 22.9 Å². The van der Waals surface area contributed by atoms with Crippen molar-refractivity contribution in [2.45, 2.75) is 39.5 Å². The summed E-state index contributed by atoms with van der Waals surface area (Å²) in [5.74, 6) is -2.34. The second kappa shape index (κ2) is 17.5. The number of benzene rings is 4. The molecule has 8 rings (SSSR count). The third-order valence-corrected chi connectivity index (χ3v) is 10.6. The van der Waals surface area contributed by atoms with E-state index in [-0.39, 0.29) is 34.5 Å². The summed E-state index contributed by atoms with van der Waals surface area (Å²) in [5, 5.41) is 26.4. The molecule has 4 heterocycles. The van der Waals surface area contributed by atoms with E-state index in [2.05, 4.69) is 32.7 Å². The summed E-state index contributed by atoms with van der Waals surface area (Å²) >= 11 is 0. The van der Waals surface area contributed by atoms with E-state index in [1.807, 2.05) is 88.4 Å². The summed E-state index contributed by atoms with van der Waals surface area (Å²) in [7, 11) is 0. The van der Waals surface area contributed by atoms with Gasteiger partial charge in [-0.3, -0.25) is 29.8 Å². The van der Waals surface area contributed by atoms with Crippen LogP contribution in [0, 0.1) is 34.5 Å². The van der Waals surface area contributed by atoms with Crippen LogP contribution < -0.4 is 21.8 Å². The predicted molar refractivity (Wildman–Crippen MR) is 230 cm³/mol. The second-order valence-electron chi connectivity index (χ2n) is 15.3. The first-order valence-corrected chi connectivity index (χ1v) is 19.6. The van der Waals surface area contributed by atoms with Crippen LogP contribution in [0.15, 0.2) is 130 Å².